The molecule has 0 aliphatic carbocycles. The number of rotatable bonds is 10. The zero-order chi connectivity index (χ0) is 18.1. The van der Waals surface area contributed by atoms with E-state index in [1.54, 1.807) is 0 Å². The summed E-state index contributed by atoms with van der Waals surface area (Å²) in [5, 5.41) is 0. The van der Waals surface area contributed by atoms with Gasteiger partial charge in [0, 0.05) is 12.2 Å². The molecule has 0 amide bonds. The number of benzene rings is 2. The second kappa shape index (κ2) is 9.90. The topological polar surface area (TPSA) is 18.5 Å². The normalized spacial score (nSPS) is 12.1. The van der Waals surface area contributed by atoms with Crippen molar-refractivity contribution in [2.24, 2.45) is 0 Å². The van der Waals surface area contributed by atoms with Gasteiger partial charge in [0.2, 0.25) is 0 Å². The molecule has 0 aromatic heterocycles. The van der Waals surface area contributed by atoms with Gasteiger partial charge < -0.3 is 8.85 Å². The first-order valence-corrected chi connectivity index (χ1v) is 11.7. The van der Waals surface area contributed by atoms with Crippen LogP contribution in [0.4, 0.5) is 0 Å². The van der Waals surface area contributed by atoms with Crippen LogP contribution in [-0.4, -0.2) is 20.8 Å². The van der Waals surface area contributed by atoms with Crippen LogP contribution in [0.5, 0.6) is 0 Å². The van der Waals surface area contributed by atoms with Gasteiger partial charge in [-0.05, 0) is 63.8 Å². The molecular weight excluding hydrogens is 324 g/mol. The first-order chi connectivity index (χ1) is 12.0. The first-order valence-electron chi connectivity index (χ1n) is 9.42. The summed E-state index contributed by atoms with van der Waals surface area (Å²) in [5.41, 5.74) is 2.72. The van der Waals surface area contributed by atoms with Crippen LogP contribution in [0.15, 0.2) is 60.7 Å². The second-order valence-corrected chi connectivity index (χ2v) is 10.5. The Morgan fingerprint density at radius 1 is 0.640 bits per heavy atom. The van der Waals surface area contributed by atoms with Gasteiger partial charge in [-0.1, -0.05) is 60.7 Å². The number of hydrogen-bond acceptors (Lipinski definition) is 2. The van der Waals surface area contributed by atoms with Crippen molar-refractivity contribution in [2.75, 3.05) is 0 Å². The minimum Gasteiger partial charge on any atom is -0.392 e. The van der Waals surface area contributed by atoms with E-state index in [2.05, 4.69) is 88.4 Å². The minimum absolute atomic E-state index is 0.192. The van der Waals surface area contributed by atoms with Crippen molar-refractivity contribution in [1.29, 1.82) is 0 Å². The zero-order valence-electron chi connectivity index (χ0n) is 16.1. The van der Waals surface area contributed by atoms with E-state index in [1.807, 2.05) is 0 Å². The van der Waals surface area contributed by atoms with Crippen LogP contribution in [0.1, 0.15) is 38.8 Å². The lowest BCUT2D eigenvalue weighted by Crippen LogP contribution is -2.46. The van der Waals surface area contributed by atoms with E-state index in [4.69, 9.17) is 8.85 Å². The number of aryl methyl sites for hydroxylation is 2. The maximum atomic E-state index is 6.51. The molecule has 0 heterocycles. The lowest BCUT2D eigenvalue weighted by Gasteiger charge is -2.34. The highest BCUT2D eigenvalue weighted by Gasteiger charge is 2.39. The highest BCUT2D eigenvalue weighted by Crippen LogP contribution is 2.27. The minimum atomic E-state index is -2.29. The summed E-state index contributed by atoms with van der Waals surface area (Å²) in [4.78, 5) is 0. The number of hydrogen-bond donors (Lipinski definition) is 0. The Morgan fingerprint density at radius 2 is 1.00 bits per heavy atom. The third-order valence-electron chi connectivity index (χ3n) is 4.18. The smallest absolute Gasteiger partial charge is 0.339 e. The summed E-state index contributed by atoms with van der Waals surface area (Å²) in [7, 11) is -2.29. The highest BCUT2D eigenvalue weighted by molar-refractivity contribution is 6.67. The van der Waals surface area contributed by atoms with E-state index in [0.717, 1.165) is 24.9 Å². The average molecular weight is 357 g/mol. The molecule has 3 heteroatoms. The van der Waals surface area contributed by atoms with Crippen LogP contribution in [0, 0.1) is 0 Å². The molecule has 136 valence electrons. The Kier molecular flexibility index (Phi) is 7.88. The molecule has 0 atom stereocenters. The summed E-state index contributed by atoms with van der Waals surface area (Å²) in [6, 6.07) is 23.3. The summed E-state index contributed by atoms with van der Waals surface area (Å²) >= 11 is 0. The van der Waals surface area contributed by atoms with Crippen molar-refractivity contribution in [2.45, 2.75) is 64.8 Å². The van der Waals surface area contributed by atoms with Crippen molar-refractivity contribution in [3.63, 3.8) is 0 Å². The molecule has 0 aliphatic heterocycles. The zero-order valence-corrected chi connectivity index (χ0v) is 17.1. The van der Waals surface area contributed by atoms with Gasteiger partial charge in [-0.15, -0.1) is 0 Å². The molecule has 2 rings (SSSR count). The quantitative estimate of drug-likeness (QED) is 0.504. The van der Waals surface area contributed by atoms with E-state index in [-0.39, 0.29) is 12.2 Å². The van der Waals surface area contributed by atoms with Gasteiger partial charge in [0.25, 0.3) is 0 Å². The summed E-state index contributed by atoms with van der Waals surface area (Å²) in [6.45, 7) is 8.49. The Labute approximate surface area is 154 Å². The van der Waals surface area contributed by atoms with Crippen LogP contribution in [0.2, 0.25) is 12.1 Å². The predicted octanol–water partition coefficient (Wildman–Crippen LogP) is 5.76. The molecule has 0 aliphatic rings. The second-order valence-electron chi connectivity index (χ2n) is 7.22. The fraction of sp³-hybridized carbons (Fsp3) is 0.455. The van der Waals surface area contributed by atoms with Gasteiger partial charge in [-0.25, -0.2) is 0 Å². The van der Waals surface area contributed by atoms with Gasteiger partial charge in [0.1, 0.15) is 0 Å². The SMILES string of the molecule is CC(C)O[Si](CCc1ccccc1)(CCc1ccccc1)OC(C)C. The van der Waals surface area contributed by atoms with Crippen LogP contribution in [0.25, 0.3) is 0 Å². The average Bonchev–Trinajstić information content (AvgIpc) is 2.59. The Hall–Kier alpha value is -1.42. The summed E-state index contributed by atoms with van der Waals surface area (Å²) in [6.07, 6.45) is 2.41. The maximum absolute atomic E-state index is 6.51. The molecule has 0 spiro atoms. The van der Waals surface area contributed by atoms with Crippen molar-refractivity contribution < 1.29 is 8.85 Å². The van der Waals surface area contributed by atoms with Crippen molar-refractivity contribution in [3.05, 3.63) is 71.8 Å². The van der Waals surface area contributed by atoms with E-state index in [1.165, 1.54) is 11.1 Å². The molecular formula is C22H32O2Si. The van der Waals surface area contributed by atoms with E-state index >= 15 is 0 Å². The van der Waals surface area contributed by atoms with Crippen molar-refractivity contribution in [1.82, 2.24) is 0 Å². The standard InChI is InChI=1S/C22H32O2Si/c1-19(2)23-25(24-20(3)4,17-15-21-11-7-5-8-12-21)18-16-22-13-9-6-10-14-22/h5-14,19-20H,15-18H2,1-4H3. The van der Waals surface area contributed by atoms with Crippen LogP contribution >= 0.6 is 0 Å². The Balaban J connectivity index is 2.13. The third kappa shape index (κ3) is 7.15. The van der Waals surface area contributed by atoms with Crippen molar-refractivity contribution in [3.8, 4) is 0 Å². The molecule has 0 saturated heterocycles. The monoisotopic (exact) mass is 356 g/mol. The molecule has 2 aromatic carbocycles. The van der Waals surface area contributed by atoms with Crippen molar-refractivity contribution >= 4 is 8.56 Å². The maximum Gasteiger partial charge on any atom is 0.339 e. The molecule has 0 unspecified atom stereocenters. The van der Waals surface area contributed by atoms with Gasteiger partial charge in [0.05, 0.1) is 0 Å². The van der Waals surface area contributed by atoms with Crippen LogP contribution < -0.4 is 0 Å². The van der Waals surface area contributed by atoms with Gasteiger partial charge in [-0.2, -0.15) is 0 Å². The largest absolute Gasteiger partial charge is 0.392 e. The lowest BCUT2D eigenvalue weighted by atomic mass is 10.2. The predicted molar refractivity (Wildman–Crippen MR) is 108 cm³/mol. The van der Waals surface area contributed by atoms with Crippen LogP contribution in [-0.2, 0) is 21.7 Å². The first kappa shape index (κ1) is 19.9. The fourth-order valence-corrected chi connectivity index (χ4v) is 7.04. The lowest BCUT2D eigenvalue weighted by molar-refractivity contribution is 0.104. The summed E-state index contributed by atoms with van der Waals surface area (Å²) in [5.74, 6) is 0. The van der Waals surface area contributed by atoms with E-state index in [0.29, 0.717) is 0 Å². The highest BCUT2D eigenvalue weighted by atomic mass is 28.4. The van der Waals surface area contributed by atoms with Gasteiger partial charge >= 0.3 is 8.56 Å². The molecule has 0 radical (unpaired) electrons. The Morgan fingerprint density at radius 3 is 1.32 bits per heavy atom. The molecule has 2 nitrogen and oxygen atoms in total. The van der Waals surface area contributed by atoms with Crippen LogP contribution in [0.3, 0.4) is 0 Å². The molecule has 0 saturated carbocycles. The van der Waals surface area contributed by atoms with E-state index < -0.39 is 8.56 Å². The van der Waals surface area contributed by atoms with E-state index in [9.17, 15) is 0 Å². The molecule has 0 bridgehead atoms. The van der Waals surface area contributed by atoms with Gasteiger partial charge in [0.15, 0.2) is 0 Å². The Bertz CT molecular complexity index is 540. The third-order valence-corrected chi connectivity index (χ3v) is 8.00. The van der Waals surface area contributed by atoms with Gasteiger partial charge in [-0.3, -0.25) is 0 Å². The molecule has 0 N–H and O–H groups in total. The fourth-order valence-electron chi connectivity index (χ4n) is 3.21. The summed E-state index contributed by atoms with van der Waals surface area (Å²) < 4.78 is 13.0. The molecule has 25 heavy (non-hydrogen) atoms. The molecule has 0 fully saturated rings. The molecule has 2 aromatic rings.